The molecule has 1 aliphatic rings. The van der Waals surface area contributed by atoms with Gasteiger partial charge >= 0.3 is 5.97 Å². The molecule has 0 radical (unpaired) electrons. The van der Waals surface area contributed by atoms with Crippen LogP contribution in [0.2, 0.25) is 0 Å². The van der Waals surface area contributed by atoms with Gasteiger partial charge in [-0.3, -0.25) is 4.79 Å². The van der Waals surface area contributed by atoms with E-state index in [9.17, 15) is 9.59 Å². The van der Waals surface area contributed by atoms with E-state index in [1.807, 2.05) is 0 Å². The fourth-order valence-electron chi connectivity index (χ4n) is 2.51. The molecule has 1 heterocycles. The Labute approximate surface area is 138 Å². The molecular formula is C16H20BrNO4. The lowest BCUT2D eigenvalue weighted by molar-refractivity contribution is 0.0102. The summed E-state index contributed by atoms with van der Waals surface area (Å²) >= 11 is 3.22. The van der Waals surface area contributed by atoms with Gasteiger partial charge in [0, 0.05) is 23.2 Å². The monoisotopic (exact) mass is 369 g/mol. The van der Waals surface area contributed by atoms with Gasteiger partial charge in [-0.05, 0) is 50.3 Å². The normalized spacial score (nSPS) is 18.0. The number of hydrogen-bond donors (Lipinski definition) is 2. The Kier molecular flexibility index (Phi) is 6.39. The SMILES string of the molecule is O=C(O)c1cc(Br)cc(C(=O)NCCCC2CCCCO2)c1. The molecule has 0 saturated carbocycles. The molecule has 2 rings (SSSR count). The van der Waals surface area contributed by atoms with E-state index >= 15 is 0 Å². The van der Waals surface area contributed by atoms with Crippen LogP contribution in [0.4, 0.5) is 0 Å². The van der Waals surface area contributed by atoms with Crippen LogP contribution in [0.5, 0.6) is 0 Å². The lowest BCUT2D eigenvalue weighted by Crippen LogP contribution is -2.26. The second-order valence-corrected chi connectivity index (χ2v) is 6.34. The van der Waals surface area contributed by atoms with Gasteiger partial charge in [0.2, 0.25) is 0 Å². The summed E-state index contributed by atoms with van der Waals surface area (Å²) in [5.41, 5.74) is 0.441. The Morgan fingerprint density at radius 3 is 2.73 bits per heavy atom. The van der Waals surface area contributed by atoms with E-state index in [1.165, 1.54) is 18.6 Å². The van der Waals surface area contributed by atoms with E-state index in [0.717, 1.165) is 32.3 Å². The third kappa shape index (κ3) is 5.10. The maximum absolute atomic E-state index is 12.1. The van der Waals surface area contributed by atoms with Crippen LogP contribution in [0.1, 0.15) is 52.8 Å². The van der Waals surface area contributed by atoms with Crippen molar-refractivity contribution in [1.82, 2.24) is 5.32 Å². The van der Waals surface area contributed by atoms with Crippen molar-refractivity contribution in [1.29, 1.82) is 0 Å². The molecule has 0 bridgehead atoms. The highest BCUT2D eigenvalue weighted by Gasteiger charge is 2.14. The number of rotatable bonds is 6. The molecule has 1 atom stereocenters. The second kappa shape index (κ2) is 8.29. The van der Waals surface area contributed by atoms with Crippen molar-refractivity contribution in [2.24, 2.45) is 0 Å². The third-order valence-electron chi connectivity index (χ3n) is 3.67. The number of hydrogen-bond acceptors (Lipinski definition) is 3. The molecule has 5 nitrogen and oxygen atoms in total. The average molecular weight is 370 g/mol. The fourth-order valence-corrected chi connectivity index (χ4v) is 3.01. The molecule has 1 fully saturated rings. The van der Waals surface area contributed by atoms with Gasteiger partial charge in [-0.1, -0.05) is 15.9 Å². The predicted molar refractivity (Wildman–Crippen MR) is 86.3 cm³/mol. The maximum atomic E-state index is 12.1. The van der Waals surface area contributed by atoms with Crippen molar-refractivity contribution < 1.29 is 19.4 Å². The van der Waals surface area contributed by atoms with Gasteiger partial charge in [-0.2, -0.15) is 0 Å². The summed E-state index contributed by atoms with van der Waals surface area (Å²) in [5.74, 6) is -1.31. The van der Waals surface area contributed by atoms with Crippen LogP contribution in [0.3, 0.4) is 0 Å². The quantitative estimate of drug-likeness (QED) is 0.754. The van der Waals surface area contributed by atoms with Crippen molar-refractivity contribution in [2.75, 3.05) is 13.2 Å². The zero-order valence-corrected chi connectivity index (χ0v) is 13.9. The standard InChI is InChI=1S/C16H20BrNO4/c17-13-9-11(8-12(10-13)16(20)21)15(19)18-6-3-5-14-4-1-2-7-22-14/h8-10,14H,1-7H2,(H,18,19)(H,20,21). The van der Waals surface area contributed by atoms with Crippen LogP contribution in [0.25, 0.3) is 0 Å². The highest BCUT2D eigenvalue weighted by molar-refractivity contribution is 9.10. The third-order valence-corrected chi connectivity index (χ3v) is 4.13. The van der Waals surface area contributed by atoms with Gasteiger partial charge in [-0.15, -0.1) is 0 Å². The molecule has 1 aromatic rings. The lowest BCUT2D eigenvalue weighted by Gasteiger charge is -2.22. The lowest BCUT2D eigenvalue weighted by atomic mass is 10.0. The van der Waals surface area contributed by atoms with Crippen LogP contribution < -0.4 is 5.32 Å². The Morgan fingerprint density at radius 2 is 2.05 bits per heavy atom. The Bertz CT molecular complexity index is 541. The molecule has 1 aromatic carbocycles. The number of carboxylic acid groups (broad SMARTS) is 1. The molecule has 1 unspecified atom stereocenters. The number of carbonyl (C=O) groups excluding carboxylic acids is 1. The van der Waals surface area contributed by atoms with Crippen molar-refractivity contribution in [3.8, 4) is 0 Å². The van der Waals surface area contributed by atoms with Crippen LogP contribution in [0.15, 0.2) is 22.7 Å². The minimum absolute atomic E-state index is 0.0927. The summed E-state index contributed by atoms with van der Waals surface area (Å²) in [5, 5.41) is 11.8. The number of carbonyl (C=O) groups is 2. The molecule has 1 amide bonds. The van der Waals surface area contributed by atoms with Crippen LogP contribution >= 0.6 is 15.9 Å². The summed E-state index contributed by atoms with van der Waals surface area (Å²) in [6.07, 6.45) is 5.57. The summed E-state index contributed by atoms with van der Waals surface area (Å²) < 4.78 is 6.22. The van der Waals surface area contributed by atoms with Gasteiger partial charge in [-0.25, -0.2) is 4.79 Å². The Morgan fingerprint density at radius 1 is 1.27 bits per heavy atom. The van der Waals surface area contributed by atoms with Gasteiger partial charge < -0.3 is 15.2 Å². The first kappa shape index (κ1) is 17.0. The largest absolute Gasteiger partial charge is 0.478 e. The van der Waals surface area contributed by atoms with E-state index in [0.29, 0.717) is 22.7 Å². The highest BCUT2D eigenvalue weighted by Crippen LogP contribution is 2.17. The van der Waals surface area contributed by atoms with Crippen LogP contribution in [-0.4, -0.2) is 36.2 Å². The van der Waals surface area contributed by atoms with Gasteiger partial charge in [0.25, 0.3) is 5.91 Å². The van der Waals surface area contributed by atoms with E-state index in [2.05, 4.69) is 21.2 Å². The zero-order chi connectivity index (χ0) is 15.9. The molecule has 0 aromatic heterocycles. The van der Waals surface area contributed by atoms with Crippen molar-refractivity contribution >= 4 is 27.8 Å². The predicted octanol–water partition coefficient (Wildman–Crippen LogP) is 3.23. The topological polar surface area (TPSA) is 75.6 Å². The summed E-state index contributed by atoms with van der Waals surface area (Å²) in [7, 11) is 0. The number of halogens is 1. The molecule has 6 heteroatoms. The van der Waals surface area contributed by atoms with Gasteiger partial charge in [0.15, 0.2) is 0 Å². The summed E-state index contributed by atoms with van der Waals surface area (Å²) in [4.78, 5) is 23.1. The minimum atomic E-state index is -1.05. The number of nitrogens with one attached hydrogen (secondary N) is 1. The maximum Gasteiger partial charge on any atom is 0.335 e. The van der Waals surface area contributed by atoms with E-state index in [-0.39, 0.29) is 11.5 Å². The van der Waals surface area contributed by atoms with Crippen molar-refractivity contribution in [3.63, 3.8) is 0 Å². The van der Waals surface area contributed by atoms with Crippen LogP contribution in [0, 0.1) is 0 Å². The smallest absolute Gasteiger partial charge is 0.335 e. The van der Waals surface area contributed by atoms with Crippen LogP contribution in [-0.2, 0) is 4.74 Å². The van der Waals surface area contributed by atoms with Crippen molar-refractivity contribution in [2.45, 2.75) is 38.2 Å². The first-order chi connectivity index (χ1) is 10.6. The van der Waals surface area contributed by atoms with E-state index < -0.39 is 5.97 Å². The summed E-state index contributed by atoms with van der Waals surface area (Å²) in [6.45, 7) is 1.40. The zero-order valence-electron chi connectivity index (χ0n) is 12.3. The van der Waals surface area contributed by atoms with Gasteiger partial charge in [0.1, 0.15) is 0 Å². The molecule has 2 N–H and O–H groups in total. The number of ether oxygens (including phenoxy) is 1. The number of amides is 1. The first-order valence-corrected chi connectivity index (χ1v) is 8.29. The number of benzene rings is 1. The van der Waals surface area contributed by atoms with E-state index in [4.69, 9.17) is 9.84 Å². The summed E-state index contributed by atoms with van der Waals surface area (Å²) in [6, 6.07) is 4.47. The molecule has 1 aliphatic heterocycles. The molecular weight excluding hydrogens is 350 g/mol. The second-order valence-electron chi connectivity index (χ2n) is 5.42. The number of carboxylic acids is 1. The number of aromatic carboxylic acids is 1. The molecule has 22 heavy (non-hydrogen) atoms. The Balaban J connectivity index is 1.80. The Hall–Kier alpha value is -1.40. The minimum Gasteiger partial charge on any atom is -0.478 e. The average Bonchev–Trinajstić information content (AvgIpc) is 2.51. The van der Waals surface area contributed by atoms with Crippen molar-refractivity contribution in [3.05, 3.63) is 33.8 Å². The highest BCUT2D eigenvalue weighted by atomic mass is 79.9. The van der Waals surface area contributed by atoms with Gasteiger partial charge in [0.05, 0.1) is 11.7 Å². The molecule has 1 saturated heterocycles. The fraction of sp³-hybridized carbons (Fsp3) is 0.500. The molecule has 120 valence electrons. The first-order valence-electron chi connectivity index (χ1n) is 7.50. The molecule has 0 aliphatic carbocycles. The van der Waals surface area contributed by atoms with E-state index in [1.54, 1.807) is 6.07 Å². The molecule has 0 spiro atoms.